The zero-order chi connectivity index (χ0) is 21.3. The summed E-state index contributed by atoms with van der Waals surface area (Å²) in [5, 5.41) is 2.32. The van der Waals surface area contributed by atoms with Crippen molar-refractivity contribution in [2.75, 3.05) is 4.90 Å². The molecule has 152 valence electrons. The molecule has 0 radical (unpaired) electrons. The Balaban J connectivity index is 1.54. The van der Waals surface area contributed by atoms with E-state index in [1.807, 2.05) is 30.3 Å². The van der Waals surface area contributed by atoms with Crippen LogP contribution in [0.15, 0.2) is 126 Å². The van der Waals surface area contributed by atoms with E-state index in [-0.39, 0.29) is 0 Å². The van der Waals surface area contributed by atoms with E-state index in [0.717, 1.165) is 27.9 Å². The SMILES string of the molecule is c1ccc(-c2ccc(N(c3nc4ccccc4o3)c3cccc4ccccc34)cc2)cc1. The molecule has 0 saturated heterocycles. The van der Waals surface area contributed by atoms with Crippen LogP contribution in [-0.4, -0.2) is 4.98 Å². The normalized spacial score (nSPS) is 11.1. The Kier molecular flexibility index (Phi) is 4.43. The van der Waals surface area contributed by atoms with Crippen LogP contribution in [0, 0.1) is 0 Å². The van der Waals surface area contributed by atoms with Gasteiger partial charge >= 0.3 is 6.01 Å². The van der Waals surface area contributed by atoms with E-state index in [1.54, 1.807) is 0 Å². The number of rotatable bonds is 4. The summed E-state index contributed by atoms with van der Waals surface area (Å²) in [4.78, 5) is 6.91. The Morgan fingerprint density at radius 2 is 1.25 bits per heavy atom. The Bertz CT molecular complexity index is 1480. The quantitative estimate of drug-likeness (QED) is 0.293. The molecule has 3 heteroatoms. The Labute approximate surface area is 186 Å². The molecule has 6 rings (SSSR count). The van der Waals surface area contributed by atoms with Crippen LogP contribution < -0.4 is 4.90 Å². The lowest BCUT2D eigenvalue weighted by Gasteiger charge is -2.23. The zero-order valence-electron chi connectivity index (χ0n) is 17.3. The van der Waals surface area contributed by atoms with Gasteiger partial charge in [-0.25, -0.2) is 0 Å². The van der Waals surface area contributed by atoms with Crippen LogP contribution in [0.4, 0.5) is 17.4 Å². The van der Waals surface area contributed by atoms with E-state index in [2.05, 4.69) is 95.9 Å². The van der Waals surface area contributed by atoms with E-state index in [4.69, 9.17) is 9.40 Å². The number of hydrogen-bond donors (Lipinski definition) is 0. The van der Waals surface area contributed by atoms with Crippen LogP contribution >= 0.6 is 0 Å². The van der Waals surface area contributed by atoms with Gasteiger partial charge in [-0.05, 0) is 46.8 Å². The smallest absolute Gasteiger partial charge is 0.307 e. The first kappa shape index (κ1) is 18.4. The van der Waals surface area contributed by atoms with Crippen molar-refractivity contribution in [1.82, 2.24) is 4.98 Å². The number of oxazole rings is 1. The largest absolute Gasteiger partial charge is 0.423 e. The van der Waals surface area contributed by atoms with Crippen molar-refractivity contribution in [3.63, 3.8) is 0 Å². The van der Waals surface area contributed by atoms with Crippen molar-refractivity contribution in [1.29, 1.82) is 0 Å². The fourth-order valence-corrected chi connectivity index (χ4v) is 4.15. The van der Waals surface area contributed by atoms with Crippen LogP contribution in [0.3, 0.4) is 0 Å². The summed E-state index contributed by atoms with van der Waals surface area (Å²) in [6, 6.07) is 42.1. The predicted molar refractivity (Wildman–Crippen MR) is 132 cm³/mol. The van der Waals surface area contributed by atoms with Gasteiger partial charge in [0.25, 0.3) is 0 Å². The molecule has 6 aromatic rings. The molecule has 32 heavy (non-hydrogen) atoms. The molecule has 0 unspecified atom stereocenters. The number of para-hydroxylation sites is 2. The van der Waals surface area contributed by atoms with Gasteiger partial charge in [-0.15, -0.1) is 0 Å². The van der Waals surface area contributed by atoms with Crippen molar-refractivity contribution in [3.05, 3.63) is 121 Å². The fraction of sp³-hybridized carbons (Fsp3) is 0. The van der Waals surface area contributed by atoms with Crippen molar-refractivity contribution < 1.29 is 4.42 Å². The van der Waals surface area contributed by atoms with E-state index < -0.39 is 0 Å². The molecule has 0 saturated carbocycles. The second-order valence-electron chi connectivity index (χ2n) is 7.71. The minimum absolute atomic E-state index is 0.551. The minimum Gasteiger partial charge on any atom is -0.423 e. The number of anilines is 3. The summed E-state index contributed by atoms with van der Waals surface area (Å²) in [5.41, 5.74) is 6.00. The molecule has 0 fully saturated rings. The summed E-state index contributed by atoms with van der Waals surface area (Å²) < 4.78 is 6.22. The Morgan fingerprint density at radius 3 is 2.09 bits per heavy atom. The average Bonchev–Trinajstić information content (AvgIpc) is 3.29. The molecule has 1 heterocycles. The highest BCUT2D eigenvalue weighted by Gasteiger charge is 2.20. The molecule has 0 amide bonds. The van der Waals surface area contributed by atoms with Gasteiger partial charge < -0.3 is 4.42 Å². The molecule has 0 bridgehead atoms. The van der Waals surface area contributed by atoms with Crippen LogP contribution in [-0.2, 0) is 0 Å². The summed E-state index contributed by atoms with van der Waals surface area (Å²) in [6.45, 7) is 0. The number of benzene rings is 5. The molecular weight excluding hydrogens is 392 g/mol. The maximum Gasteiger partial charge on any atom is 0.307 e. The van der Waals surface area contributed by atoms with E-state index in [0.29, 0.717) is 6.01 Å². The molecule has 5 aromatic carbocycles. The molecule has 1 aromatic heterocycles. The van der Waals surface area contributed by atoms with Gasteiger partial charge in [0.15, 0.2) is 5.58 Å². The van der Waals surface area contributed by atoms with Crippen LogP contribution in [0.2, 0.25) is 0 Å². The highest BCUT2D eigenvalue weighted by molar-refractivity contribution is 5.98. The third-order valence-corrected chi connectivity index (χ3v) is 5.71. The van der Waals surface area contributed by atoms with Crippen molar-refractivity contribution in [2.24, 2.45) is 0 Å². The van der Waals surface area contributed by atoms with Gasteiger partial charge in [0, 0.05) is 5.39 Å². The molecule has 0 aliphatic rings. The third kappa shape index (κ3) is 3.21. The molecule has 0 N–H and O–H groups in total. The minimum atomic E-state index is 0.551. The Hall–Kier alpha value is -4.37. The molecule has 0 spiro atoms. The first-order chi connectivity index (χ1) is 15.9. The van der Waals surface area contributed by atoms with Gasteiger partial charge in [-0.2, -0.15) is 4.98 Å². The van der Waals surface area contributed by atoms with E-state index in [9.17, 15) is 0 Å². The second kappa shape index (κ2) is 7.71. The summed E-state index contributed by atoms with van der Waals surface area (Å²) in [7, 11) is 0. The van der Waals surface area contributed by atoms with Gasteiger partial charge in [0.05, 0.1) is 11.4 Å². The number of aromatic nitrogens is 1. The van der Waals surface area contributed by atoms with Crippen LogP contribution in [0.1, 0.15) is 0 Å². The van der Waals surface area contributed by atoms with Crippen molar-refractivity contribution >= 4 is 39.3 Å². The van der Waals surface area contributed by atoms with Crippen LogP contribution in [0.25, 0.3) is 33.0 Å². The van der Waals surface area contributed by atoms with E-state index >= 15 is 0 Å². The number of fused-ring (bicyclic) bond motifs is 2. The first-order valence-corrected chi connectivity index (χ1v) is 10.7. The van der Waals surface area contributed by atoms with Crippen LogP contribution in [0.5, 0.6) is 0 Å². The van der Waals surface area contributed by atoms with Gasteiger partial charge in [-0.1, -0.05) is 91.0 Å². The standard InChI is InChI=1S/C29H20N2O/c1-2-9-21(10-3-1)22-17-19-24(20-18-22)31(29-30-26-14-6-7-16-28(26)32-29)27-15-8-12-23-11-4-5-13-25(23)27/h1-20H. The first-order valence-electron chi connectivity index (χ1n) is 10.7. The maximum atomic E-state index is 6.22. The highest BCUT2D eigenvalue weighted by Crippen LogP contribution is 2.40. The van der Waals surface area contributed by atoms with Gasteiger partial charge in [0.1, 0.15) is 5.52 Å². The topological polar surface area (TPSA) is 29.3 Å². The lowest BCUT2D eigenvalue weighted by molar-refractivity contribution is 0.608. The molecular formula is C29H20N2O. The lowest BCUT2D eigenvalue weighted by atomic mass is 10.0. The van der Waals surface area contributed by atoms with E-state index in [1.165, 1.54) is 16.5 Å². The van der Waals surface area contributed by atoms with Crippen molar-refractivity contribution in [2.45, 2.75) is 0 Å². The molecule has 0 aliphatic carbocycles. The lowest BCUT2D eigenvalue weighted by Crippen LogP contribution is -2.10. The second-order valence-corrected chi connectivity index (χ2v) is 7.71. The summed E-state index contributed by atoms with van der Waals surface area (Å²) >= 11 is 0. The predicted octanol–water partition coefficient (Wildman–Crippen LogP) is 8.12. The van der Waals surface area contributed by atoms with Gasteiger partial charge in [0.2, 0.25) is 0 Å². The summed E-state index contributed by atoms with van der Waals surface area (Å²) in [6.07, 6.45) is 0. The highest BCUT2D eigenvalue weighted by atomic mass is 16.4. The monoisotopic (exact) mass is 412 g/mol. The number of hydrogen-bond acceptors (Lipinski definition) is 3. The Morgan fingerprint density at radius 1 is 0.562 bits per heavy atom. The number of nitrogens with zero attached hydrogens (tertiary/aromatic N) is 2. The fourth-order valence-electron chi connectivity index (χ4n) is 4.15. The third-order valence-electron chi connectivity index (χ3n) is 5.71. The van der Waals surface area contributed by atoms with Crippen molar-refractivity contribution in [3.8, 4) is 11.1 Å². The maximum absolute atomic E-state index is 6.22. The molecule has 0 aliphatic heterocycles. The molecule has 3 nitrogen and oxygen atoms in total. The average molecular weight is 412 g/mol. The summed E-state index contributed by atoms with van der Waals surface area (Å²) in [5.74, 6) is 0. The van der Waals surface area contributed by atoms with Gasteiger partial charge in [-0.3, -0.25) is 4.90 Å². The molecule has 0 atom stereocenters. The zero-order valence-corrected chi connectivity index (χ0v) is 17.3.